The average molecular weight is 353 g/mol. The number of esters is 1. The van der Waals surface area contributed by atoms with Crippen LogP contribution < -0.4 is 15.4 Å². The molecule has 1 heterocycles. The molecule has 1 spiro atoms. The highest BCUT2D eigenvalue weighted by atomic mass is 32.2. The Kier molecular flexibility index (Phi) is 4.44. The van der Waals surface area contributed by atoms with Crippen molar-refractivity contribution in [2.24, 2.45) is 5.41 Å². The molecular weight excluding hydrogens is 330 g/mol. The standard InChI is InChI=1S/C16H23N3O4S/c1-23-15(20)11-18-24(21,22)12-2-3-13(17)14(10-12)19-8-6-16(4-5-16)7-9-19/h2-3,10,18H,4-9,11,17H2,1H3. The van der Waals surface area contributed by atoms with Crippen LogP contribution in [-0.2, 0) is 19.6 Å². The van der Waals surface area contributed by atoms with Crippen molar-refractivity contribution in [2.45, 2.75) is 30.6 Å². The highest BCUT2D eigenvalue weighted by Gasteiger charge is 2.44. The van der Waals surface area contributed by atoms with Crippen LogP contribution in [0.3, 0.4) is 0 Å². The third-order valence-electron chi connectivity index (χ3n) is 5.07. The molecule has 132 valence electrons. The van der Waals surface area contributed by atoms with Crippen LogP contribution in [0.1, 0.15) is 25.7 Å². The molecule has 2 fully saturated rings. The van der Waals surface area contributed by atoms with Crippen molar-refractivity contribution in [1.29, 1.82) is 0 Å². The van der Waals surface area contributed by atoms with Gasteiger partial charge in [-0.15, -0.1) is 0 Å². The number of nitrogens with one attached hydrogen (secondary N) is 1. The lowest BCUT2D eigenvalue weighted by Gasteiger charge is -2.34. The molecule has 0 unspecified atom stereocenters. The molecule has 0 radical (unpaired) electrons. The molecule has 1 aromatic carbocycles. The zero-order valence-corrected chi connectivity index (χ0v) is 14.6. The van der Waals surface area contributed by atoms with Crippen LogP contribution in [-0.4, -0.2) is 41.1 Å². The molecule has 1 saturated carbocycles. The SMILES string of the molecule is COC(=O)CNS(=O)(=O)c1ccc(N)c(N2CCC3(CC2)CC3)c1. The summed E-state index contributed by atoms with van der Waals surface area (Å²) >= 11 is 0. The number of methoxy groups -OCH3 is 1. The zero-order valence-electron chi connectivity index (χ0n) is 13.7. The van der Waals surface area contributed by atoms with Crippen molar-refractivity contribution in [3.05, 3.63) is 18.2 Å². The second-order valence-corrected chi connectivity index (χ2v) is 8.38. The largest absolute Gasteiger partial charge is 0.468 e. The van der Waals surface area contributed by atoms with Crippen LogP contribution in [0.15, 0.2) is 23.1 Å². The molecule has 0 bridgehead atoms. The molecule has 0 aromatic heterocycles. The van der Waals surface area contributed by atoms with E-state index < -0.39 is 22.5 Å². The Morgan fingerprint density at radius 2 is 1.96 bits per heavy atom. The van der Waals surface area contributed by atoms with E-state index in [-0.39, 0.29) is 4.90 Å². The van der Waals surface area contributed by atoms with Gasteiger partial charge in [-0.1, -0.05) is 0 Å². The number of benzene rings is 1. The Morgan fingerprint density at radius 1 is 1.29 bits per heavy atom. The number of anilines is 2. The Balaban J connectivity index is 1.77. The lowest BCUT2D eigenvalue weighted by atomic mass is 9.93. The molecule has 0 amide bonds. The van der Waals surface area contributed by atoms with Crippen LogP contribution in [0.2, 0.25) is 0 Å². The summed E-state index contributed by atoms with van der Waals surface area (Å²) < 4.78 is 31.4. The lowest BCUT2D eigenvalue weighted by molar-refractivity contribution is -0.139. The van der Waals surface area contributed by atoms with E-state index in [1.165, 1.54) is 26.0 Å². The number of carbonyl (C=O) groups excluding carboxylic acids is 1. The molecule has 1 saturated heterocycles. The summed E-state index contributed by atoms with van der Waals surface area (Å²) in [4.78, 5) is 13.4. The molecule has 3 N–H and O–H groups in total. The normalized spacial score (nSPS) is 19.3. The molecule has 24 heavy (non-hydrogen) atoms. The van der Waals surface area contributed by atoms with Crippen LogP contribution in [0.5, 0.6) is 0 Å². The minimum Gasteiger partial charge on any atom is -0.468 e. The first kappa shape index (κ1) is 17.0. The molecular formula is C16H23N3O4S. The first-order valence-corrected chi connectivity index (χ1v) is 9.55. The fourth-order valence-electron chi connectivity index (χ4n) is 3.17. The van der Waals surface area contributed by atoms with Crippen LogP contribution in [0.25, 0.3) is 0 Å². The third kappa shape index (κ3) is 3.49. The van der Waals surface area contributed by atoms with Gasteiger partial charge in [-0.3, -0.25) is 4.79 Å². The Bertz CT molecular complexity index is 734. The summed E-state index contributed by atoms with van der Waals surface area (Å²) in [7, 11) is -2.58. The summed E-state index contributed by atoms with van der Waals surface area (Å²) in [6, 6.07) is 4.63. The van der Waals surface area contributed by atoms with Crippen molar-refractivity contribution < 1.29 is 17.9 Å². The fraction of sp³-hybridized carbons (Fsp3) is 0.562. The lowest BCUT2D eigenvalue weighted by Crippen LogP contribution is -2.35. The minimum absolute atomic E-state index is 0.0994. The number of hydrogen-bond acceptors (Lipinski definition) is 6. The number of rotatable bonds is 5. The van der Waals surface area contributed by atoms with E-state index in [0.29, 0.717) is 11.1 Å². The highest BCUT2D eigenvalue weighted by Crippen LogP contribution is 2.54. The van der Waals surface area contributed by atoms with Crippen LogP contribution in [0, 0.1) is 5.41 Å². The Labute approximate surface area is 142 Å². The number of ether oxygens (including phenoxy) is 1. The van der Waals surface area contributed by atoms with E-state index >= 15 is 0 Å². The van der Waals surface area contributed by atoms with Crippen LogP contribution in [0.4, 0.5) is 11.4 Å². The third-order valence-corrected chi connectivity index (χ3v) is 6.47. The number of sulfonamides is 1. The molecule has 8 heteroatoms. The summed E-state index contributed by atoms with van der Waals surface area (Å²) in [5.74, 6) is -0.639. The van der Waals surface area contributed by atoms with Crippen molar-refractivity contribution in [2.75, 3.05) is 37.4 Å². The number of nitrogen functional groups attached to an aromatic ring is 1. The zero-order chi connectivity index (χ0) is 17.4. The molecule has 1 aromatic rings. The maximum Gasteiger partial charge on any atom is 0.320 e. The van der Waals surface area contributed by atoms with Gasteiger partial charge in [0.05, 0.1) is 23.4 Å². The topological polar surface area (TPSA) is 102 Å². The molecule has 1 aliphatic carbocycles. The van der Waals surface area contributed by atoms with Gasteiger partial charge < -0.3 is 15.4 Å². The molecule has 3 rings (SSSR count). The molecule has 7 nitrogen and oxygen atoms in total. The van der Waals surface area contributed by atoms with Crippen molar-refractivity contribution >= 4 is 27.4 Å². The summed E-state index contributed by atoms with van der Waals surface area (Å²) in [5, 5.41) is 0. The highest BCUT2D eigenvalue weighted by molar-refractivity contribution is 7.89. The number of piperidine rings is 1. The fourth-order valence-corrected chi connectivity index (χ4v) is 4.16. The van der Waals surface area contributed by atoms with Gasteiger partial charge in [0.2, 0.25) is 10.0 Å². The molecule has 1 aliphatic heterocycles. The summed E-state index contributed by atoms with van der Waals surface area (Å²) in [6.07, 6.45) is 4.87. The van der Waals surface area contributed by atoms with Crippen LogP contribution >= 0.6 is 0 Å². The van der Waals surface area contributed by atoms with Crippen molar-refractivity contribution in [1.82, 2.24) is 4.72 Å². The molecule has 0 atom stereocenters. The van der Waals surface area contributed by atoms with Gasteiger partial charge >= 0.3 is 5.97 Å². The van der Waals surface area contributed by atoms with Gasteiger partial charge in [0.1, 0.15) is 6.54 Å². The quantitative estimate of drug-likeness (QED) is 0.607. The smallest absolute Gasteiger partial charge is 0.320 e. The maximum atomic E-state index is 12.3. The van der Waals surface area contributed by atoms with Crippen molar-refractivity contribution in [3.8, 4) is 0 Å². The van der Waals surface area contributed by atoms with Gasteiger partial charge in [0.15, 0.2) is 0 Å². The van der Waals surface area contributed by atoms with E-state index in [1.54, 1.807) is 12.1 Å². The Morgan fingerprint density at radius 3 is 2.54 bits per heavy atom. The molecule has 2 aliphatic rings. The van der Waals surface area contributed by atoms with E-state index in [1.807, 2.05) is 0 Å². The predicted octanol–water partition coefficient (Wildman–Crippen LogP) is 1.10. The van der Waals surface area contributed by atoms with Crippen molar-refractivity contribution in [3.63, 3.8) is 0 Å². The summed E-state index contributed by atoms with van der Waals surface area (Å²) in [6.45, 7) is 1.39. The second kappa shape index (κ2) is 6.25. The minimum atomic E-state index is -3.79. The second-order valence-electron chi connectivity index (χ2n) is 6.61. The van der Waals surface area contributed by atoms with E-state index in [0.717, 1.165) is 31.6 Å². The number of nitrogens with zero attached hydrogens (tertiary/aromatic N) is 1. The summed E-state index contributed by atoms with van der Waals surface area (Å²) in [5.41, 5.74) is 7.90. The van der Waals surface area contributed by atoms with E-state index in [2.05, 4.69) is 14.4 Å². The van der Waals surface area contributed by atoms with Gasteiger partial charge in [-0.2, -0.15) is 4.72 Å². The van der Waals surface area contributed by atoms with Gasteiger partial charge in [0, 0.05) is 13.1 Å². The first-order chi connectivity index (χ1) is 11.4. The monoisotopic (exact) mass is 353 g/mol. The Hall–Kier alpha value is -1.80. The predicted molar refractivity (Wildman–Crippen MR) is 91.2 cm³/mol. The van der Waals surface area contributed by atoms with E-state index in [4.69, 9.17) is 5.73 Å². The number of hydrogen-bond donors (Lipinski definition) is 2. The number of carbonyl (C=O) groups is 1. The van der Waals surface area contributed by atoms with Gasteiger partial charge in [-0.25, -0.2) is 8.42 Å². The van der Waals surface area contributed by atoms with Gasteiger partial charge in [0.25, 0.3) is 0 Å². The van der Waals surface area contributed by atoms with E-state index in [9.17, 15) is 13.2 Å². The maximum absolute atomic E-state index is 12.3. The van der Waals surface area contributed by atoms with Gasteiger partial charge in [-0.05, 0) is 49.3 Å². The first-order valence-electron chi connectivity index (χ1n) is 8.06. The average Bonchev–Trinajstić information content (AvgIpc) is 3.33. The number of nitrogens with two attached hydrogens (primary N) is 1.